The molecule has 1 rings (SSSR count). The zero-order chi connectivity index (χ0) is 35.9. The average Bonchev–Trinajstić information content (AvgIpc) is 2.90. The molecule has 0 bridgehead atoms. The summed E-state index contributed by atoms with van der Waals surface area (Å²) in [7, 11) is 0. The predicted molar refractivity (Wildman–Crippen MR) is 111 cm³/mol. The van der Waals surface area contributed by atoms with Crippen molar-refractivity contribution >= 4 is 5.97 Å². The minimum Gasteiger partial charge on any atom is -0.459 e. The van der Waals surface area contributed by atoms with E-state index < -0.39 is 84.6 Å². The van der Waals surface area contributed by atoms with Gasteiger partial charge in [-0.15, -0.1) is 0 Å². The van der Waals surface area contributed by atoms with Crippen LogP contribution in [-0.2, 0) is 9.53 Å². The smallest absolute Gasteiger partial charge is 0.385 e. The van der Waals surface area contributed by atoms with E-state index in [2.05, 4.69) is 4.74 Å². The number of alkyl halides is 20. The third-order valence-corrected chi connectivity index (χ3v) is 7.32. The second kappa shape index (κ2) is 12.9. The van der Waals surface area contributed by atoms with Crippen molar-refractivity contribution in [1.82, 2.24) is 0 Å². The van der Waals surface area contributed by atoms with Crippen LogP contribution in [0.2, 0.25) is 0 Å². The number of carbonyl (C=O) groups is 1. The summed E-state index contributed by atoms with van der Waals surface area (Å²) in [6.07, 6.45) is -2.80. The van der Waals surface area contributed by atoms with E-state index in [0.717, 1.165) is 19.3 Å². The van der Waals surface area contributed by atoms with Crippen LogP contribution in [0, 0.1) is 11.8 Å². The van der Waals surface area contributed by atoms with Crippen molar-refractivity contribution in [2.75, 3.05) is 6.61 Å². The number of unbranched alkanes of at least 4 members (excludes halogenated alkanes) is 1. The highest BCUT2D eigenvalue weighted by Gasteiger charge is 2.96. The monoisotopic (exact) mass is 712 g/mol. The Morgan fingerprint density at radius 1 is 0.600 bits per heavy atom. The van der Waals surface area contributed by atoms with Gasteiger partial charge in [0.2, 0.25) is 0 Å². The number of halogens is 20. The van der Waals surface area contributed by atoms with Gasteiger partial charge in [0.05, 0.1) is 0 Å². The van der Waals surface area contributed by atoms with Crippen LogP contribution in [0.4, 0.5) is 87.8 Å². The van der Waals surface area contributed by atoms with E-state index in [4.69, 9.17) is 0 Å². The van der Waals surface area contributed by atoms with E-state index >= 15 is 0 Å². The SMILES string of the molecule is CCCCC1CCC(CC(=O)OCC(F)(F)C(F)(F)C(F)(F)C(F)(F)C(F)(F)C(F)(F)C(F)(F)C(F)(F)C(F)(F)C(F)F)CC1. The van der Waals surface area contributed by atoms with Crippen LogP contribution in [0.25, 0.3) is 0 Å². The van der Waals surface area contributed by atoms with E-state index in [1.54, 1.807) is 0 Å². The maximum absolute atomic E-state index is 14.0. The van der Waals surface area contributed by atoms with Gasteiger partial charge >= 0.3 is 65.7 Å². The fourth-order valence-electron chi connectivity index (χ4n) is 4.34. The standard InChI is InChI=1S/C23H24F20O2/c1-2-3-4-11-5-7-12(8-6-11)9-13(44)45-10-15(26,27)17(30,31)19(34,35)21(38,39)23(42,43)22(40,41)20(36,37)18(32,33)16(28,29)14(24)25/h11-12,14H,2-10H2,1H3. The van der Waals surface area contributed by atoms with Gasteiger partial charge in [0.15, 0.2) is 6.61 Å². The Morgan fingerprint density at radius 3 is 1.33 bits per heavy atom. The van der Waals surface area contributed by atoms with Gasteiger partial charge in [0.1, 0.15) is 0 Å². The summed E-state index contributed by atoms with van der Waals surface area (Å²) >= 11 is 0. The molecule has 2 nitrogen and oxygen atoms in total. The molecule has 22 heteroatoms. The topological polar surface area (TPSA) is 26.3 Å². The van der Waals surface area contributed by atoms with Gasteiger partial charge in [0, 0.05) is 6.42 Å². The van der Waals surface area contributed by atoms with Crippen molar-refractivity contribution in [3.8, 4) is 0 Å². The summed E-state index contributed by atoms with van der Waals surface area (Å²) in [4.78, 5) is 11.8. The normalized spacial score (nSPS) is 20.5. The highest BCUT2D eigenvalue weighted by atomic mass is 19.4. The average molecular weight is 712 g/mol. The van der Waals surface area contributed by atoms with Crippen LogP contribution >= 0.6 is 0 Å². The summed E-state index contributed by atoms with van der Waals surface area (Å²) < 4.78 is 273. The minimum atomic E-state index is -9.07. The number of hydrogen-bond acceptors (Lipinski definition) is 2. The third kappa shape index (κ3) is 6.75. The first-order valence-electron chi connectivity index (χ1n) is 12.7. The lowest BCUT2D eigenvalue weighted by molar-refractivity contribution is -0.465. The molecule has 1 saturated carbocycles. The zero-order valence-electron chi connectivity index (χ0n) is 22.5. The van der Waals surface area contributed by atoms with Crippen LogP contribution in [0.15, 0.2) is 0 Å². The quantitative estimate of drug-likeness (QED) is 0.118. The molecule has 0 atom stereocenters. The lowest BCUT2D eigenvalue weighted by Crippen LogP contribution is -2.76. The number of ether oxygens (including phenoxy) is 1. The van der Waals surface area contributed by atoms with Crippen LogP contribution in [0.3, 0.4) is 0 Å². The summed E-state index contributed by atoms with van der Waals surface area (Å²) in [5.74, 6) is -77.9. The summed E-state index contributed by atoms with van der Waals surface area (Å²) in [5, 5.41) is 0. The first-order valence-corrected chi connectivity index (χ1v) is 12.7. The predicted octanol–water partition coefficient (Wildman–Crippen LogP) is 9.90. The molecule has 0 spiro atoms. The summed E-state index contributed by atoms with van der Waals surface area (Å²) in [5.41, 5.74) is 0. The Balaban J connectivity index is 3.25. The minimum absolute atomic E-state index is 0.224. The Hall–Kier alpha value is -1.93. The molecule has 0 saturated heterocycles. The molecule has 1 aliphatic carbocycles. The Kier molecular flexibility index (Phi) is 11.8. The van der Waals surface area contributed by atoms with Crippen molar-refractivity contribution in [3.63, 3.8) is 0 Å². The van der Waals surface area contributed by atoms with Crippen molar-refractivity contribution in [3.05, 3.63) is 0 Å². The second-order valence-electron chi connectivity index (χ2n) is 10.5. The molecule has 45 heavy (non-hydrogen) atoms. The van der Waals surface area contributed by atoms with Crippen LogP contribution in [-0.4, -0.2) is 72.3 Å². The van der Waals surface area contributed by atoms with Gasteiger partial charge in [-0.05, 0) is 24.7 Å². The van der Waals surface area contributed by atoms with Crippen LogP contribution in [0.1, 0.15) is 58.3 Å². The molecular formula is C23H24F20O2. The molecule has 0 aromatic carbocycles. The molecule has 0 heterocycles. The van der Waals surface area contributed by atoms with Gasteiger partial charge in [-0.2, -0.15) is 79.0 Å². The Bertz CT molecular complexity index is 1000. The molecular weight excluding hydrogens is 688 g/mol. The number of hydrogen-bond donors (Lipinski definition) is 0. The zero-order valence-corrected chi connectivity index (χ0v) is 22.5. The lowest BCUT2D eigenvalue weighted by atomic mass is 9.78. The highest BCUT2D eigenvalue weighted by molar-refractivity contribution is 5.69. The summed E-state index contributed by atoms with van der Waals surface area (Å²) in [6.45, 7) is -1.41. The van der Waals surface area contributed by atoms with E-state index in [1.165, 1.54) is 0 Å². The fraction of sp³-hybridized carbons (Fsp3) is 0.957. The maximum Gasteiger partial charge on any atom is 0.385 e. The molecule has 0 radical (unpaired) electrons. The van der Waals surface area contributed by atoms with Gasteiger partial charge in [-0.3, -0.25) is 4.79 Å². The van der Waals surface area contributed by atoms with E-state index in [1.807, 2.05) is 6.92 Å². The van der Waals surface area contributed by atoms with Crippen molar-refractivity contribution in [2.45, 2.75) is 118 Å². The molecule has 0 amide bonds. The lowest BCUT2D eigenvalue weighted by Gasteiger charge is -2.44. The first-order chi connectivity index (χ1) is 19.8. The summed E-state index contributed by atoms with van der Waals surface area (Å²) in [6, 6.07) is 0. The molecule has 268 valence electrons. The van der Waals surface area contributed by atoms with Crippen molar-refractivity contribution in [2.24, 2.45) is 11.8 Å². The largest absolute Gasteiger partial charge is 0.459 e. The van der Waals surface area contributed by atoms with E-state index in [9.17, 15) is 92.6 Å². The Morgan fingerprint density at radius 2 is 0.956 bits per heavy atom. The first kappa shape index (κ1) is 41.1. The van der Waals surface area contributed by atoms with E-state index in [-0.39, 0.29) is 18.8 Å². The van der Waals surface area contributed by atoms with E-state index in [0.29, 0.717) is 12.8 Å². The molecule has 0 unspecified atom stereocenters. The van der Waals surface area contributed by atoms with Gasteiger partial charge in [-0.1, -0.05) is 39.0 Å². The molecule has 0 aliphatic heterocycles. The third-order valence-electron chi connectivity index (χ3n) is 7.32. The Labute approximate surface area is 240 Å². The number of rotatable bonds is 16. The molecule has 0 aromatic heterocycles. The number of carbonyl (C=O) groups excluding carboxylic acids is 1. The van der Waals surface area contributed by atoms with Gasteiger partial charge in [0.25, 0.3) is 0 Å². The maximum atomic E-state index is 14.0. The molecule has 1 fully saturated rings. The molecule has 0 aromatic rings. The molecule has 1 aliphatic rings. The highest BCUT2D eigenvalue weighted by Crippen LogP contribution is 2.65. The second-order valence-corrected chi connectivity index (χ2v) is 10.5. The van der Waals surface area contributed by atoms with Crippen molar-refractivity contribution in [1.29, 1.82) is 0 Å². The van der Waals surface area contributed by atoms with Crippen LogP contribution < -0.4 is 0 Å². The van der Waals surface area contributed by atoms with Crippen molar-refractivity contribution < 1.29 is 97.3 Å². The number of esters is 1. The van der Waals surface area contributed by atoms with Crippen LogP contribution in [0.5, 0.6) is 0 Å². The van der Waals surface area contributed by atoms with Gasteiger partial charge < -0.3 is 4.74 Å². The fourth-order valence-corrected chi connectivity index (χ4v) is 4.34. The van der Waals surface area contributed by atoms with Gasteiger partial charge in [-0.25, -0.2) is 8.78 Å². The molecule has 0 N–H and O–H groups in total.